The second-order valence-corrected chi connectivity index (χ2v) is 9.15. The van der Waals surface area contributed by atoms with Crippen molar-refractivity contribution in [3.63, 3.8) is 0 Å². The summed E-state index contributed by atoms with van der Waals surface area (Å²) in [5.74, 6) is 1.06. The lowest BCUT2D eigenvalue weighted by Crippen LogP contribution is -2.44. The number of ether oxygens (including phenoxy) is 4. The summed E-state index contributed by atoms with van der Waals surface area (Å²) in [6.07, 6.45) is 2.29. The fourth-order valence-corrected chi connectivity index (χ4v) is 4.39. The summed E-state index contributed by atoms with van der Waals surface area (Å²) < 4.78 is 22.2. The van der Waals surface area contributed by atoms with Gasteiger partial charge in [-0.25, -0.2) is 4.79 Å². The number of carbonyl (C=O) groups is 2. The first-order valence-corrected chi connectivity index (χ1v) is 12.2. The highest BCUT2D eigenvalue weighted by atomic mass is 16.6. The Bertz CT molecular complexity index is 812. The van der Waals surface area contributed by atoms with Gasteiger partial charge in [0.15, 0.2) is 11.5 Å². The Morgan fingerprint density at radius 3 is 2.56 bits per heavy atom. The Morgan fingerprint density at radius 2 is 1.88 bits per heavy atom. The Hall–Kier alpha value is -2.52. The molecule has 9 nitrogen and oxygen atoms in total. The number of rotatable bonds is 11. The molecule has 0 unspecified atom stereocenters. The van der Waals surface area contributed by atoms with Gasteiger partial charge >= 0.3 is 6.09 Å². The number of hydrogen-bond donors (Lipinski definition) is 1. The summed E-state index contributed by atoms with van der Waals surface area (Å²) in [7, 11) is 3.23. The van der Waals surface area contributed by atoms with Gasteiger partial charge in [0.05, 0.1) is 13.7 Å². The maximum absolute atomic E-state index is 13.5. The quantitative estimate of drug-likeness (QED) is 0.490. The second kappa shape index (κ2) is 12.8. The smallest absolute Gasteiger partial charge is 0.410 e. The van der Waals surface area contributed by atoms with E-state index in [0.717, 1.165) is 32.4 Å². The van der Waals surface area contributed by atoms with Crippen molar-refractivity contribution in [3.05, 3.63) is 23.8 Å². The molecule has 2 atom stereocenters. The number of likely N-dealkylation sites (tertiary alicyclic amines) is 1. The fourth-order valence-electron chi connectivity index (χ4n) is 4.39. The van der Waals surface area contributed by atoms with Gasteiger partial charge in [-0.15, -0.1) is 0 Å². The topological polar surface area (TPSA) is 89.6 Å². The van der Waals surface area contributed by atoms with E-state index in [0.29, 0.717) is 49.9 Å². The van der Waals surface area contributed by atoms with E-state index < -0.39 is 0 Å². The van der Waals surface area contributed by atoms with Crippen molar-refractivity contribution in [2.45, 2.75) is 45.3 Å². The molecule has 1 aromatic rings. The molecular formula is C25H39N3O6. The summed E-state index contributed by atoms with van der Waals surface area (Å²) in [6.45, 7) is 8.37. The summed E-state index contributed by atoms with van der Waals surface area (Å²) in [5, 5.41) is 3.32. The van der Waals surface area contributed by atoms with E-state index in [2.05, 4.69) is 5.32 Å². The number of methoxy groups -OCH3 is 2. The number of nitrogens with one attached hydrogen (secondary N) is 1. The summed E-state index contributed by atoms with van der Waals surface area (Å²) >= 11 is 0. The van der Waals surface area contributed by atoms with Gasteiger partial charge < -0.3 is 34.1 Å². The van der Waals surface area contributed by atoms with Gasteiger partial charge in [-0.2, -0.15) is 0 Å². The zero-order chi connectivity index (χ0) is 24.5. The molecule has 2 amide bonds. The van der Waals surface area contributed by atoms with Crippen molar-refractivity contribution in [3.8, 4) is 11.5 Å². The Kier molecular flexibility index (Phi) is 9.83. The van der Waals surface area contributed by atoms with E-state index in [1.807, 2.05) is 18.7 Å². The minimum absolute atomic E-state index is 0.0174. The maximum Gasteiger partial charge on any atom is 0.410 e. The first kappa shape index (κ1) is 26.1. The average molecular weight is 478 g/mol. The van der Waals surface area contributed by atoms with Crippen molar-refractivity contribution in [1.82, 2.24) is 15.1 Å². The van der Waals surface area contributed by atoms with Crippen LogP contribution < -0.4 is 14.8 Å². The molecule has 2 fully saturated rings. The van der Waals surface area contributed by atoms with Gasteiger partial charge in [0.25, 0.3) is 5.91 Å². The van der Waals surface area contributed by atoms with Crippen LogP contribution in [-0.4, -0.2) is 94.1 Å². The predicted octanol–water partition coefficient (Wildman–Crippen LogP) is 2.78. The van der Waals surface area contributed by atoms with Gasteiger partial charge in [0.1, 0.15) is 6.10 Å². The summed E-state index contributed by atoms with van der Waals surface area (Å²) in [6, 6.07) is 5.24. The lowest BCUT2D eigenvalue weighted by molar-refractivity contribution is 0.0409. The fraction of sp³-hybridized carbons (Fsp3) is 0.680. The SMILES string of the molecule is COCCCOc1cc(C(=O)N(C[C@H]2CNC[C@H]2OC(=O)N2CCCC2)C(C)C)ccc1OC. The van der Waals surface area contributed by atoms with Crippen LogP contribution in [-0.2, 0) is 9.47 Å². The average Bonchev–Trinajstić information content (AvgIpc) is 3.52. The maximum atomic E-state index is 13.5. The zero-order valence-electron chi connectivity index (χ0n) is 20.9. The molecule has 9 heteroatoms. The zero-order valence-corrected chi connectivity index (χ0v) is 20.9. The van der Waals surface area contributed by atoms with Crippen LogP contribution in [0.15, 0.2) is 18.2 Å². The van der Waals surface area contributed by atoms with Crippen LogP contribution in [0.25, 0.3) is 0 Å². The third-order valence-electron chi connectivity index (χ3n) is 6.37. The van der Waals surface area contributed by atoms with Crippen molar-refractivity contribution in [2.24, 2.45) is 5.92 Å². The molecule has 0 spiro atoms. The van der Waals surface area contributed by atoms with Crippen LogP contribution >= 0.6 is 0 Å². The molecule has 0 bridgehead atoms. The molecule has 2 aliphatic heterocycles. The van der Waals surface area contributed by atoms with E-state index in [1.165, 1.54) is 0 Å². The molecule has 2 heterocycles. The van der Waals surface area contributed by atoms with Crippen LogP contribution in [0.4, 0.5) is 4.79 Å². The van der Waals surface area contributed by atoms with Crippen LogP contribution in [0, 0.1) is 5.92 Å². The van der Waals surface area contributed by atoms with Crippen LogP contribution in [0.2, 0.25) is 0 Å². The van der Waals surface area contributed by atoms with E-state index in [9.17, 15) is 9.59 Å². The molecule has 1 N–H and O–H groups in total. The van der Waals surface area contributed by atoms with Crippen molar-refractivity contribution < 1.29 is 28.5 Å². The molecule has 0 radical (unpaired) electrons. The number of hydrogen-bond acceptors (Lipinski definition) is 7. The van der Waals surface area contributed by atoms with Crippen LogP contribution in [0.5, 0.6) is 11.5 Å². The highest BCUT2D eigenvalue weighted by Crippen LogP contribution is 2.29. The standard InChI is InChI=1S/C25H39N3O6/c1-18(2)28(17-20-15-26-16-23(20)34-25(30)27-10-5-6-11-27)24(29)19-8-9-21(32-4)22(14-19)33-13-7-12-31-3/h8-9,14,18,20,23,26H,5-7,10-13,15-17H2,1-4H3/t20-,23-/m1/s1. The minimum Gasteiger partial charge on any atom is -0.493 e. The molecule has 0 saturated carbocycles. The molecule has 0 aliphatic carbocycles. The van der Waals surface area contributed by atoms with E-state index in [4.69, 9.17) is 18.9 Å². The largest absolute Gasteiger partial charge is 0.493 e. The minimum atomic E-state index is -0.252. The normalized spacial score (nSPS) is 20.0. The molecule has 1 aromatic carbocycles. The number of carbonyl (C=O) groups excluding carboxylic acids is 2. The van der Waals surface area contributed by atoms with Crippen molar-refractivity contribution in [1.29, 1.82) is 0 Å². The first-order valence-electron chi connectivity index (χ1n) is 12.2. The van der Waals surface area contributed by atoms with Crippen LogP contribution in [0.3, 0.4) is 0 Å². The van der Waals surface area contributed by atoms with Gasteiger partial charge in [-0.3, -0.25) is 4.79 Å². The van der Waals surface area contributed by atoms with Crippen molar-refractivity contribution >= 4 is 12.0 Å². The first-order chi connectivity index (χ1) is 16.4. The van der Waals surface area contributed by atoms with Gasteiger partial charge in [-0.05, 0) is 44.9 Å². The number of amides is 2. The molecule has 0 aromatic heterocycles. The van der Waals surface area contributed by atoms with Gasteiger partial charge in [-0.1, -0.05) is 0 Å². The molecule has 2 saturated heterocycles. The van der Waals surface area contributed by atoms with E-state index in [-0.39, 0.29) is 30.1 Å². The third kappa shape index (κ3) is 6.76. The summed E-state index contributed by atoms with van der Waals surface area (Å²) in [5.41, 5.74) is 0.535. The lowest BCUT2D eigenvalue weighted by Gasteiger charge is -2.32. The van der Waals surface area contributed by atoms with Crippen LogP contribution in [0.1, 0.15) is 43.5 Å². The number of nitrogens with zero attached hydrogens (tertiary/aromatic N) is 2. The summed E-state index contributed by atoms with van der Waals surface area (Å²) in [4.78, 5) is 29.6. The third-order valence-corrected chi connectivity index (χ3v) is 6.37. The lowest BCUT2D eigenvalue weighted by atomic mass is 10.0. The van der Waals surface area contributed by atoms with Gasteiger partial charge in [0.2, 0.25) is 0 Å². The molecule has 2 aliphatic rings. The number of benzene rings is 1. The van der Waals surface area contributed by atoms with E-state index in [1.54, 1.807) is 37.3 Å². The molecule has 3 rings (SSSR count). The highest BCUT2D eigenvalue weighted by molar-refractivity contribution is 5.95. The molecule has 190 valence electrons. The Balaban J connectivity index is 1.67. The second-order valence-electron chi connectivity index (χ2n) is 9.15. The highest BCUT2D eigenvalue weighted by Gasteiger charge is 2.35. The van der Waals surface area contributed by atoms with Gasteiger partial charge in [0, 0.05) is 70.4 Å². The van der Waals surface area contributed by atoms with Crippen molar-refractivity contribution in [2.75, 3.05) is 60.2 Å². The Labute approximate surface area is 202 Å². The Morgan fingerprint density at radius 1 is 1.12 bits per heavy atom. The monoisotopic (exact) mass is 477 g/mol. The predicted molar refractivity (Wildman–Crippen MR) is 129 cm³/mol. The molecule has 34 heavy (non-hydrogen) atoms. The molecular weight excluding hydrogens is 438 g/mol. The van der Waals surface area contributed by atoms with E-state index >= 15 is 0 Å².